The molecular weight excluding hydrogens is 358 g/mol. The lowest BCUT2D eigenvalue weighted by atomic mass is 9.74. The Labute approximate surface area is 161 Å². The van der Waals surface area contributed by atoms with Gasteiger partial charge in [-0.25, -0.2) is 14.0 Å². The highest BCUT2D eigenvalue weighted by molar-refractivity contribution is 5.84. The summed E-state index contributed by atoms with van der Waals surface area (Å²) in [6, 6.07) is 6.05. The van der Waals surface area contributed by atoms with Gasteiger partial charge in [-0.2, -0.15) is 10.1 Å². The molecule has 1 fully saturated rings. The highest BCUT2D eigenvalue weighted by atomic mass is 16.5. The minimum absolute atomic E-state index is 0.164. The van der Waals surface area contributed by atoms with Crippen LogP contribution in [0.25, 0.3) is 22.3 Å². The van der Waals surface area contributed by atoms with Crippen LogP contribution < -0.4 is 10.1 Å². The summed E-state index contributed by atoms with van der Waals surface area (Å²) in [6.07, 6.45) is 7.48. The van der Waals surface area contributed by atoms with Crippen LogP contribution in [0.15, 0.2) is 36.9 Å². The summed E-state index contributed by atoms with van der Waals surface area (Å²) in [4.78, 5) is 8.72. The van der Waals surface area contributed by atoms with E-state index in [-0.39, 0.29) is 6.04 Å². The van der Waals surface area contributed by atoms with Crippen LogP contribution in [0.2, 0.25) is 0 Å². The zero-order valence-corrected chi connectivity index (χ0v) is 15.7. The number of aromatic nitrogens is 6. The van der Waals surface area contributed by atoms with Gasteiger partial charge < -0.3 is 15.2 Å². The Kier molecular flexibility index (Phi) is 3.73. The normalized spacial score (nSPS) is 21.8. The topological polar surface area (TPSA) is 102 Å². The molecule has 0 bridgehead atoms. The Morgan fingerprint density at radius 1 is 1.29 bits per heavy atom. The molecule has 144 valence electrons. The zero-order valence-electron chi connectivity index (χ0n) is 15.7. The molecule has 0 aromatic carbocycles. The number of ether oxygens (including phenoxy) is 1. The predicted octanol–water partition coefficient (Wildman–Crippen LogP) is 2.16. The van der Waals surface area contributed by atoms with Gasteiger partial charge in [0.25, 0.3) is 0 Å². The molecule has 0 saturated heterocycles. The van der Waals surface area contributed by atoms with Crippen LogP contribution in [-0.2, 0) is 0 Å². The number of rotatable bonds is 5. The number of nitrogens with one attached hydrogen (secondary N) is 1. The number of aliphatic hydroxyl groups is 1. The smallest absolute Gasteiger partial charge is 0.244 e. The van der Waals surface area contributed by atoms with Gasteiger partial charge in [0.1, 0.15) is 11.8 Å². The maximum absolute atomic E-state index is 10.2. The molecule has 1 aliphatic carbocycles. The van der Waals surface area contributed by atoms with Crippen molar-refractivity contribution in [3.05, 3.63) is 36.9 Å². The fourth-order valence-electron chi connectivity index (χ4n) is 3.84. The number of hydrogen-bond acceptors (Lipinski definition) is 7. The highest BCUT2D eigenvalue weighted by Gasteiger charge is 2.41. The molecule has 1 aliphatic rings. The summed E-state index contributed by atoms with van der Waals surface area (Å²) < 4.78 is 9.05. The molecule has 4 heterocycles. The molecule has 0 aliphatic heterocycles. The largest absolute Gasteiger partial charge is 0.479 e. The van der Waals surface area contributed by atoms with E-state index in [0.717, 1.165) is 28.7 Å². The van der Waals surface area contributed by atoms with E-state index in [1.165, 1.54) is 6.33 Å². The van der Waals surface area contributed by atoms with Gasteiger partial charge in [0.2, 0.25) is 11.8 Å². The number of hydrogen-bond donors (Lipinski definition) is 2. The Balaban J connectivity index is 1.51. The average molecular weight is 379 g/mol. The minimum atomic E-state index is -0.563. The standard InChI is InChI=1S/C19H21N7O2/c1-3-19(27)8-13(9-19)22-18-23-17(28-2)16-14(6-7-25(16)24-18)12-4-5-15-20-11-21-26(15)10-12/h4-7,10-11,13,27H,3,8-9H2,1-2H3,(H,22,24)/t13-,19+. The van der Waals surface area contributed by atoms with E-state index in [2.05, 4.69) is 25.5 Å². The molecule has 0 unspecified atom stereocenters. The van der Waals surface area contributed by atoms with Gasteiger partial charge in [-0.15, -0.1) is 5.10 Å². The zero-order chi connectivity index (χ0) is 19.3. The van der Waals surface area contributed by atoms with Crippen molar-refractivity contribution < 1.29 is 9.84 Å². The number of methoxy groups -OCH3 is 1. The molecule has 0 spiro atoms. The number of fused-ring (bicyclic) bond motifs is 2. The summed E-state index contributed by atoms with van der Waals surface area (Å²) in [7, 11) is 1.60. The van der Waals surface area contributed by atoms with Crippen LogP contribution in [0.4, 0.5) is 5.95 Å². The van der Waals surface area contributed by atoms with Gasteiger partial charge in [-0.1, -0.05) is 6.92 Å². The Morgan fingerprint density at radius 2 is 2.14 bits per heavy atom. The molecule has 5 rings (SSSR count). The average Bonchev–Trinajstić information content (AvgIpc) is 3.32. The Bertz CT molecular complexity index is 1160. The SMILES string of the molecule is CC[C@]1(O)C[C@@H](Nc2nc(OC)c3c(-c4ccc5ncnn5c4)ccn3n2)C1. The second-order valence-electron chi connectivity index (χ2n) is 7.28. The van der Waals surface area contributed by atoms with Gasteiger partial charge in [-0.05, 0) is 37.5 Å². The van der Waals surface area contributed by atoms with E-state index in [4.69, 9.17) is 4.74 Å². The summed E-state index contributed by atoms with van der Waals surface area (Å²) in [5, 5.41) is 22.3. The van der Waals surface area contributed by atoms with Crippen LogP contribution in [0, 0.1) is 0 Å². The van der Waals surface area contributed by atoms with E-state index in [9.17, 15) is 5.11 Å². The third-order valence-electron chi connectivity index (χ3n) is 5.50. The monoisotopic (exact) mass is 379 g/mol. The molecule has 4 aromatic rings. The summed E-state index contributed by atoms with van der Waals surface area (Å²) >= 11 is 0. The lowest BCUT2D eigenvalue weighted by Gasteiger charge is -2.43. The second kappa shape index (κ2) is 6.16. The van der Waals surface area contributed by atoms with Crippen molar-refractivity contribution in [2.75, 3.05) is 12.4 Å². The van der Waals surface area contributed by atoms with Crippen molar-refractivity contribution in [3.63, 3.8) is 0 Å². The predicted molar refractivity (Wildman–Crippen MR) is 103 cm³/mol. The maximum atomic E-state index is 10.2. The van der Waals surface area contributed by atoms with Crippen molar-refractivity contribution in [2.24, 2.45) is 0 Å². The van der Waals surface area contributed by atoms with Gasteiger partial charge >= 0.3 is 0 Å². The first-order valence-corrected chi connectivity index (χ1v) is 9.30. The van der Waals surface area contributed by atoms with Gasteiger partial charge in [0.15, 0.2) is 5.65 Å². The van der Waals surface area contributed by atoms with E-state index >= 15 is 0 Å². The number of anilines is 1. The summed E-state index contributed by atoms with van der Waals surface area (Å²) in [5.41, 5.74) is 2.92. The Hall–Kier alpha value is -3.20. The van der Waals surface area contributed by atoms with Crippen LogP contribution in [0.3, 0.4) is 0 Å². The lowest BCUT2D eigenvalue weighted by Crippen LogP contribution is -2.50. The van der Waals surface area contributed by atoms with Gasteiger partial charge in [0, 0.05) is 29.6 Å². The molecule has 1 saturated carbocycles. The molecule has 28 heavy (non-hydrogen) atoms. The van der Waals surface area contributed by atoms with Crippen LogP contribution >= 0.6 is 0 Å². The van der Waals surface area contributed by atoms with Gasteiger partial charge in [0.05, 0.1) is 12.7 Å². The van der Waals surface area contributed by atoms with Gasteiger partial charge in [-0.3, -0.25) is 0 Å². The molecule has 0 amide bonds. The molecule has 4 aromatic heterocycles. The van der Waals surface area contributed by atoms with Crippen LogP contribution in [0.5, 0.6) is 5.88 Å². The van der Waals surface area contributed by atoms with E-state index < -0.39 is 5.60 Å². The molecule has 0 radical (unpaired) electrons. The second-order valence-corrected chi connectivity index (χ2v) is 7.28. The third-order valence-corrected chi connectivity index (χ3v) is 5.50. The molecule has 9 heteroatoms. The Morgan fingerprint density at radius 3 is 2.93 bits per heavy atom. The van der Waals surface area contributed by atoms with E-state index in [1.54, 1.807) is 16.1 Å². The van der Waals surface area contributed by atoms with Crippen molar-refractivity contribution in [3.8, 4) is 17.0 Å². The van der Waals surface area contributed by atoms with Crippen molar-refractivity contribution in [2.45, 2.75) is 37.8 Å². The maximum Gasteiger partial charge on any atom is 0.244 e. The first-order chi connectivity index (χ1) is 13.6. The quantitative estimate of drug-likeness (QED) is 0.548. The fraction of sp³-hybridized carbons (Fsp3) is 0.368. The van der Waals surface area contributed by atoms with Crippen molar-refractivity contribution in [1.82, 2.24) is 29.2 Å². The molecular formula is C19H21N7O2. The van der Waals surface area contributed by atoms with Crippen molar-refractivity contribution in [1.29, 1.82) is 0 Å². The van der Waals surface area contributed by atoms with Crippen molar-refractivity contribution >= 4 is 17.1 Å². The van der Waals surface area contributed by atoms with E-state index in [1.807, 2.05) is 37.5 Å². The van der Waals surface area contributed by atoms with E-state index in [0.29, 0.717) is 24.7 Å². The third kappa shape index (κ3) is 2.66. The number of nitrogens with zero attached hydrogens (tertiary/aromatic N) is 6. The first-order valence-electron chi connectivity index (χ1n) is 9.30. The first kappa shape index (κ1) is 16.9. The highest BCUT2D eigenvalue weighted by Crippen LogP contribution is 2.37. The fourth-order valence-corrected chi connectivity index (χ4v) is 3.84. The molecule has 0 atom stereocenters. The minimum Gasteiger partial charge on any atom is -0.479 e. The lowest BCUT2D eigenvalue weighted by molar-refractivity contribution is -0.0442. The van der Waals surface area contributed by atoms with Crippen LogP contribution in [-0.4, -0.2) is 53.1 Å². The molecule has 9 nitrogen and oxygen atoms in total. The molecule has 2 N–H and O–H groups in total. The van der Waals surface area contributed by atoms with Crippen LogP contribution in [0.1, 0.15) is 26.2 Å². The number of pyridine rings is 1. The summed E-state index contributed by atoms with van der Waals surface area (Å²) in [6.45, 7) is 2.00. The summed E-state index contributed by atoms with van der Waals surface area (Å²) in [5.74, 6) is 0.975.